The molecule has 2 saturated carbocycles. The van der Waals surface area contributed by atoms with Crippen molar-refractivity contribution in [1.29, 1.82) is 5.26 Å². The second kappa shape index (κ2) is 12.6. The molecule has 5 aromatic rings. The average Bonchev–Trinajstić information content (AvgIpc) is 3.18. The van der Waals surface area contributed by atoms with Gasteiger partial charge in [0.2, 0.25) is 0 Å². The van der Waals surface area contributed by atoms with Crippen LogP contribution < -0.4 is 10.4 Å². The van der Waals surface area contributed by atoms with E-state index in [1.165, 1.54) is 0 Å². The maximum atomic E-state index is 13.9. The largest absolute Gasteiger partial charge is 0.482 e. The van der Waals surface area contributed by atoms with Crippen molar-refractivity contribution in [2.45, 2.75) is 70.2 Å². The molecule has 0 bridgehead atoms. The number of carbonyl (C=O) groups excluding carboxylic acids is 1. The molecule has 54 heavy (non-hydrogen) atoms. The summed E-state index contributed by atoms with van der Waals surface area (Å²) in [5.74, 6) is -1.02. The fraction of sp³-hybridized carbons (Fsp3) is 0.364. The topological polar surface area (TPSA) is 141 Å². The van der Waals surface area contributed by atoms with Gasteiger partial charge >= 0.3 is 11.6 Å². The van der Waals surface area contributed by atoms with Gasteiger partial charge in [-0.15, -0.1) is 0 Å². The second-order valence-electron chi connectivity index (χ2n) is 15.9. The monoisotopic (exact) mass is 724 g/mol. The molecule has 3 aromatic carbocycles. The molecule has 1 N–H and O–H groups in total. The van der Waals surface area contributed by atoms with Crippen molar-refractivity contribution < 1.29 is 33.3 Å². The smallest absolute Gasteiger partial charge is 0.345 e. The maximum absolute atomic E-state index is 13.9. The van der Waals surface area contributed by atoms with Crippen molar-refractivity contribution in [3.8, 4) is 23.1 Å². The van der Waals surface area contributed by atoms with E-state index in [1.54, 1.807) is 54.9 Å². The van der Waals surface area contributed by atoms with E-state index in [9.17, 15) is 20.0 Å². The van der Waals surface area contributed by atoms with Gasteiger partial charge in [0.05, 0.1) is 36.0 Å². The number of fused-ring (bicyclic) bond motifs is 7. The first-order chi connectivity index (χ1) is 26.0. The van der Waals surface area contributed by atoms with Gasteiger partial charge in [-0.2, -0.15) is 5.26 Å². The fourth-order valence-corrected chi connectivity index (χ4v) is 10.4. The summed E-state index contributed by atoms with van der Waals surface area (Å²) in [6.07, 6.45) is 2.03. The molecule has 10 heteroatoms. The van der Waals surface area contributed by atoms with Crippen molar-refractivity contribution in [2.75, 3.05) is 6.61 Å². The Bertz CT molecular complexity index is 2370. The van der Waals surface area contributed by atoms with Crippen LogP contribution in [0.25, 0.3) is 22.1 Å². The number of pyridine rings is 1. The Balaban J connectivity index is 1.12. The Morgan fingerprint density at radius 3 is 2.57 bits per heavy atom. The van der Waals surface area contributed by atoms with Crippen LogP contribution in [0.3, 0.4) is 0 Å². The lowest BCUT2D eigenvalue weighted by Gasteiger charge is -2.67. The van der Waals surface area contributed by atoms with Crippen LogP contribution in [0.15, 0.2) is 107 Å². The molecule has 0 spiro atoms. The summed E-state index contributed by atoms with van der Waals surface area (Å²) in [6, 6.07) is 27.8. The molecule has 3 fully saturated rings. The van der Waals surface area contributed by atoms with E-state index in [-0.39, 0.29) is 34.7 Å². The number of aromatic nitrogens is 1. The second-order valence-corrected chi connectivity index (χ2v) is 15.9. The Kier molecular flexibility index (Phi) is 8.05. The van der Waals surface area contributed by atoms with Crippen LogP contribution in [0.4, 0.5) is 0 Å². The number of aliphatic hydroxyl groups is 1. The van der Waals surface area contributed by atoms with Crippen molar-refractivity contribution in [1.82, 2.24) is 4.98 Å². The van der Waals surface area contributed by atoms with Gasteiger partial charge in [0.15, 0.2) is 6.29 Å². The lowest BCUT2D eigenvalue weighted by atomic mass is 9.42. The maximum Gasteiger partial charge on any atom is 0.345 e. The summed E-state index contributed by atoms with van der Waals surface area (Å²) < 4.78 is 32.7. The van der Waals surface area contributed by atoms with Gasteiger partial charge in [0, 0.05) is 40.9 Å². The Morgan fingerprint density at radius 2 is 1.80 bits per heavy atom. The lowest BCUT2D eigenvalue weighted by Crippen LogP contribution is -2.71. The van der Waals surface area contributed by atoms with Gasteiger partial charge in [0.25, 0.3) is 0 Å². The predicted molar refractivity (Wildman–Crippen MR) is 197 cm³/mol. The van der Waals surface area contributed by atoms with E-state index in [2.05, 4.69) is 43.1 Å². The standard InChI is InChI=1S/C44H40N2O8/c1-42-18-17-34-43(2,24-50-41(53-34)30-12-6-9-26-8-4-5-11-29(26)30)33(42)21-35(52-39(48)27-15-13-25(22-45)14-16-27)44(3)38(42)37(47)36-32(54-44)20-31(51-40(36)49)28-10-7-19-46-23-28/h4-16,19-20,23,33-35,37-38,41,47H,17-18,21,24H2,1-3H3/t33?,34-,35-,37?,38?,41+,42-,43-,44+/m0/s1. The number of benzene rings is 3. The van der Waals surface area contributed by atoms with Crippen LogP contribution in [0.2, 0.25) is 0 Å². The van der Waals surface area contributed by atoms with Crippen molar-refractivity contribution in [3.63, 3.8) is 0 Å². The quantitative estimate of drug-likeness (QED) is 0.183. The molecule has 9 atom stereocenters. The highest BCUT2D eigenvalue weighted by Crippen LogP contribution is 2.68. The molecule has 3 unspecified atom stereocenters. The fourth-order valence-electron chi connectivity index (χ4n) is 10.4. The minimum Gasteiger partial charge on any atom is -0.482 e. The number of nitrogens with zero attached hydrogens (tertiary/aromatic N) is 2. The summed E-state index contributed by atoms with van der Waals surface area (Å²) in [5.41, 5.74) is -0.814. The Hall–Kier alpha value is -5.34. The third-order valence-corrected chi connectivity index (χ3v) is 12.9. The molecule has 0 amide bonds. The summed E-state index contributed by atoms with van der Waals surface area (Å²) in [5, 5.41) is 24.0. The third-order valence-electron chi connectivity index (χ3n) is 12.9. The number of aliphatic hydroxyl groups excluding tert-OH is 1. The van der Waals surface area contributed by atoms with Gasteiger partial charge in [-0.05, 0) is 84.7 Å². The zero-order chi connectivity index (χ0) is 37.4. The van der Waals surface area contributed by atoms with Gasteiger partial charge in [-0.1, -0.05) is 56.3 Å². The summed E-state index contributed by atoms with van der Waals surface area (Å²) in [7, 11) is 0. The van der Waals surface area contributed by atoms with Crippen molar-refractivity contribution >= 4 is 16.7 Å². The molecule has 10 nitrogen and oxygen atoms in total. The highest BCUT2D eigenvalue weighted by Gasteiger charge is 2.71. The number of hydrogen-bond donors (Lipinski definition) is 1. The molecule has 4 aliphatic rings. The highest BCUT2D eigenvalue weighted by atomic mass is 16.7. The molecule has 2 aromatic heterocycles. The summed E-state index contributed by atoms with van der Waals surface area (Å²) in [6.45, 7) is 6.56. The van der Waals surface area contributed by atoms with E-state index in [1.807, 2.05) is 31.2 Å². The number of nitriles is 1. The lowest BCUT2D eigenvalue weighted by molar-refractivity contribution is -0.329. The van der Waals surface area contributed by atoms with E-state index < -0.39 is 52.4 Å². The molecular weight excluding hydrogens is 684 g/mol. The van der Waals surface area contributed by atoms with Crippen LogP contribution in [-0.4, -0.2) is 40.5 Å². The van der Waals surface area contributed by atoms with Crippen LogP contribution >= 0.6 is 0 Å². The van der Waals surface area contributed by atoms with Crippen LogP contribution in [0.1, 0.15) is 79.5 Å². The SMILES string of the molecule is C[C@]12CC[C@@H]3O[C@H](c4cccc5ccccc45)OC[C@@]3(C)C1C[C@H](OC(=O)c1ccc(C#N)cc1)[C@@]1(C)Oc3cc(-c4cccnc4)oc(=O)c3C(O)C21. The molecule has 2 aliphatic carbocycles. The third kappa shape index (κ3) is 5.21. The van der Waals surface area contributed by atoms with Gasteiger partial charge < -0.3 is 28.5 Å². The zero-order valence-electron chi connectivity index (χ0n) is 30.2. The molecule has 2 aliphatic heterocycles. The summed E-state index contributed by atoms with van der Waals surface area (Å²) in [4.78, 5) is 31.9. The first kappa shape index (κ1) is 34.4. The molecular formula is C44H40N2O8. The average molecular weight is 725 g/mol. The van der Waals surface area contributed by atoms with E-state index in [4.69, 9.17) is 23.4 Å². The first-order valence-corrected chi connectivity index (χ1v) is 18.4. The van der Waals surface area contributed by atoms with Gasteiger partial charge in [-0.25, -0.2) is 9.59 Å². The number of rotatable bonds is 4. The van der Waals surface area contributed by atoms with E-state index in [0.29, 0.717) is 37.0 Å². The Morgan fingerprint density at radius 1 is 1.00 bits per heavy atom. The normalized spacial score (nSPS) is 32.5. The number of carbonyl (C=O) groups is 1. The molecule has 1 saturated heterocycles. The molecule has 9 rings (SSSR count). The van der Waals surface area contributed by atoms with E-state index >= 15 is 0 Å². The first-order valence-electron chi connectivity index (χ1n) is 18.4. The van der Waals surface area contributed by atoms with Crippen molar-refractivity contribution in [3.05, 3.63) is 130 Å². The minimum atomic E-state index is -1.30. The number of hydrogen-bond acceptors (Lipinski definition) is 10. The Labute approximate surface area is 312 Å². The van der Waals surface area contributed by atoms with Gasteiger partial charge in [0.1, 0.15) is 28.8 Å². The van der Waals surface area contributed by atoms with Crippen LogP contribution in [0, 0.1) is 34.0 Å². The van der Waals surface area contributed by atoms with Crippen molar-refractivity contribution in [2.24, 2.45) is 22.7 Å². The molecule has 0 radical (unpaired) electrons. The van der Waals surface area contributed by atoms with E-state index in [0.717, 1.165) is 16.3 Å². The zero-order valence-corrected chi connectivity index (χ0v) is 30.2. The highest BCUT2D eigenvalue weighted by molar-refractivity contribution is 5.89. The number of ether oxygens (including phenoxy) is 4. The minimum absolute atomic E-state index is 0.0450. The van der Waals surface area contributed by atoms with Crippen LogP contribution in [0.5, 0.6) is 5.75 Å². The van der Waals surface area contributed by atoms with Gasteiger partial charge in [-0.3, -0.25) is 4.98 Å². The summed E-state index contributed by atoms with van der Waals surface area (Å²) >= 11 is 0. The number of esters is 1. The molecule has 4 heterocycles. The molecule has 274 valence electrons. The van der Waals surface area contributed by atoms with Crippen LogP contribution in [-0.2, 0) is 14.2 Å². The predicted octanol–water partition coefficient (Wildman–Crippen LogP) is 7.69.